The van der Waals surface area contributed by atoms with Crippen LogP contribution in [0.2, 0.25) is 0 Å². The lowest BCUT2D eigenvalue weighted by atomic mass is 10.2. The molecule has 3 N–H and O–H groups in total. The molecule has 0 fully saturated rings. The maximum atomic E-state index is 5.60. The van der Waals surface area contributed by atoms with Gasteiger partial charge in [-0.1, -0.05) is 12.2 Å². The van der Waals surface area contributed by atoms with E-state index in [1.54, 1.807) is 6.26 Å². The number of thiocarbonyl (C=S) groups is 1. The molecule has 3 nitrogen and oxygen atoms in total. The Hall–Kier alpha value is -1.33. The van der Waals surface area contributed by atoms with Gasteiger partial charge in [-0.2, -0.15) is 0 Å². The third kappa shape index (κ3) is 3.34. The van der Waals surface area contributed by atoms with Crippen molar-refractivity contribution in [2.45, 2.75) is 6.42 Å². The predicted molar refractivity (Wildman–Crippen MR) is 80.9 cm³/mol. The summed E-state index contributed by atoms with van der Waals surface area (Å²) < 4.78 is 6.16. The van der Waals surface area contributed by atoms with Gasteiger partial charge in [0.25, 0.3) is 0 Å². The minimum atomic E-state index is 0.393. The van der Waals surface area contributed by atoms with Crippen molar-refractivity contribution in [1.29, 1.82) is 0 Å². The monoisotopic (exact) mass is 324 g/mol. The van der Waals surface area contributed by atoms with Crippen LogP contribution in [0.4, 0.5) is 5.69 Å². The zero-order chi connectivity index (χ0) is 13.0. The third-order valence-corrected chi connectivity index (χ3v) is 3.39. The molecule has 0 bridgehead atoms. The van der Waals surface area contributed by atoms with E-state index in [0.29, 0.717) is 4.99 Å². The van der Waals surface area contributed by atoms with Gasteiger partial charge >= 0.3 is 0 Å². The summed E-state index contributed by atoms with van der Waals surface area (Å²) in [6, 6.07) is 9.69. The topological polar surface area (TPSA) is 51.2 Å². The van der Waals surface area contributed by atoms with E-state index in [-0.39, 0.29) is 0 Å². The van der Waals surface area contributed by atoms with Crippen LogP contribution in [0.25, 0.3) is 0 Å². The van der Waals surface area contributed by atoms with Gasteiger partial charge < -0.3 is 15.5 Å². The van der Waals surface area contributed by atoms with Crippen molar-refractivity contribution >= 4 is 38.8 Å². The van der Waals surface area contributed by atoms with Crippen LogP contribution in [0.5, 0.6) is 0 Å². The van der Waals surface area contributed by atoms with Gasteiger partial charge in [0, 0.05) is 28.7 Å². The molecule has 18 heavy (non-hydrogen) atoms. The molecule has 0 atom stereocenters. The summed E-state index contributed by atoms with van der Waals surface area (Å²) in [4.78, 5) is 0.393. The van der Waals surface area contributed by atoms with Crippen molar-refractivity contribution in [3.63, 3.8) is 0 Å². The van der Waals surface area contributed by atoms with Crippen LogP contribution in [-0.4, -0.2) is 11.5 Å². The first kappa shape index (κ1) is 13.1. The Morgan fingerprint density at radius 2 is 2.22 bits per heavy atom. The number of anilines is 1. The first-order chi connectivity index (χ1) is 8.66. The second kappa shape index (κ2) is 6.02. The predicted octanol–water partition coefficient (Wildman–Crippen LogP) is 3.33. The van der Waals surface area contributed by atoms with Crippen molar-refractivity contribution in [1.82, 2.24) is 0 Å². The molecule has 2 aromatic rings. The quantitative estimate of drug-likeness (QED) is 0.828. The number of hydrogen-bond donors (Lipinski definition) is 2. The normalized spacial score (nSPS) is 10.3. The zero-order valence-electron chi connectivity index (χ0n) is 9.65. The van der Waals surface area contributed by atoms with Crippen LogP contribution in [0.15, 0.2) is 45.5 Å². The van der Waals surface area contributed by atoms with Gasteiger partial charge in [0.2, 0.25) is 0 Å². The second-order valence-electron chi connectivity index (χ2n) is 3.82. The van der Waals surface area contributed by atoms with E-state index in [4.69, 9.17) is 22.4 Å². The molecule has 0 amide bonds. The molecule has 5 heteroatoms. The van der Waals surface area contributed by atoms with E-state index in [0.717, 1.165) is 34.4 Å². The summed E-state index contributed by atoms with van der Waals surface area (Å²) in [6.45, 7) is 0.812. The third-order valence-electron chi connectivity index (χ3n) is 2.52. The highest BCUT2D eigenvalue weighted by atomic mass is 79.9. The number of hydrogen-bond acceptors (Lipinski definition) is 3. The SMILES string of the molecule is NC(=S)c1ccc(NCCc2ccco2)cc1Br. The van der Waals surface area contributed by atoms with Gasteiger partial charge in [-0.05, 0) is 46.3 Å². The average Bonchev–Trinajstić information content (AvgIpc) is 2.81. The summed E-state index contributed by atoms with van der Waals surface area (Å²) in [6.07, 6.45) is 2.53. The number of furan rings is 1. The Morgan fingerprint density at radius 1 is 1.39 bits per heavy atom. The Kier molecular flexibility index (Phi) is 4.38. The molecule has 1 heterocycles. The molecule has 0 saturated heterocycles. The van der Waals surface area contributed by atoms with E-state index in [2.05, 4.69) is 21.2 Å². The molecule has 0 spiro atoms. The van der Waals surface area contributed by atoms with E-state index in [1.807, 2.05) is 30.3 Å². The molecule has 0 aliphatic rings. The second-order valence-corrected chi connectivity index (χ2v) is 5.11. The largest absolute Gasteiger partial charge is 0.469 e. The van der Waals surface area contributed by atoms with Crippen LogP contribution in [0.1, 0.15) is 11.3 Å². The minimum Gasteiger partial charge on any atom is -0.469 e. The first-order valence-corrected chi connectivity index (χ1v) is 6.72. The average molecular weight is 325 g/mol. The van der Waals surface area contributed by atoms with E-state index in [1.165, 1.54) is 0 Å². The highest BCUT2D eigenvalue weighted by molar-refractivity contribution is 9.10. The van der Waals surface area contributed by atoms with Gasteiger partial charge in [0.05, 0.1) is 6.26 Å². The lowest BCUT2D eigenvalue weighted by molar-refractivity contribution is 0.513. The maximum Gasteiger partial charge on any atom is 0.105 e. The first-order valence-electron chi connectivity index (χ1n) is 5.52. The molecule has 0 aliphatic heterocycles. The summed E-state index contributed by atoms with van der Waals surface area (Å²) >= 11 is 8.40. The maximum absolute atomic E-state index is 5.60. The lowest BCUT2D eigenvalue weighted by Crippen LogP contribution is -2.10. The van der Waals surface area contributed by atoms with E-state index >= 15 is 0 Å². The molecule has 94 valence electrons. The fraction of sp³-hybridized carbons (Fsp3) is 0.154. The van der Waals surface area contributed by atoms with Crippen LogP contribution in [-0.2, 0) is 6.42 Å². The van der Waals surface area contributed by atoms with Crippen LogP contribution >= 0.6 is 28.1 Å². The summed E-state index contributed by atoms with van der Waals surface area (Å²) in [5, 5.41) is 3.32. The molecular formula is C13H13BrN2OS. The molecule has 1 aromatic carbocycles. The molecule has 0 unspecified atom stereocenters. The van der Waals surface area contributed by atoms with E-state index < -0.39 is 0 Å². The number of benzene rings is 1. The summed E-state index contributed by atoms with van der Waals surface area (Å²) in [7, 11) is 0. The minimum absolute atomic E-state index is 0.393. The molecule has 0 saturated carbocycles. The lowest BCUT2D eigenvalue weighted by Gasteiger charge is -2.08. The van der Waals surface area contributed by atoms with Crippen LogP contribution < -0.4 is 11.1 Å². The number of rotatable bonds is 5. The molecule has 0 radical (unpaired) electrons. The standard InChI is InChI=1S/C13H13BrN2OS/c14-12-8-9(3-4-11(12)13(15)18)16-6-5-10-2-1-7-17-10/h1-4,7-8,16H,5-6H2,(H2,15,18). The van der Waals surface area contributed by atoms with Crippen molar-refractivity contribution in [2.75, 3.05) is 11.9 Å². The Labute approximate surface area is 119 Å². The van der Waals surface area contributed by atoms with Crippen molar-refractivity contribution in [3.05, 3.63) is 52.4 Å². The fourth-order valence-corrected chi connectivity index (χ4v) is 2.51. The molecule has 1 aromatic heterocycles. The smallest absolute Gasteiger partial charge is 0.105 e. The van der Waals surface area contributed by atoms with Gasteiger partial charge in [0.15, 0.2) is 0 Å². The number of nitrogens with one attached hydrogen (secondary N) is 1. The Morgan fingerprint density at radius 3 is 2.83 bits per heavy atom. The zero-order valence-corrected chi connectivity index (χ0v) is 12.1. The van der Waals surface area contributed by atoms with Crippen LogP contribution in [0.3, 0.4) is 0 Å². The highest BCUT2D eigenvalue weighted by Crippen LogP contribution is 2.21. The number of halogens is 1. The van der Waals surface area contributed by atoms with Crippen molar-refractivity contribution < 1.29 is 4.42 Å². The fourth-order valence-electron chi connectivity index (χ4n) is 1.61. The van der Waals surface area contributed by atoms with Crippen molar-refractivity contribution in [2.24, 2.45) is 5.73 Å². The summed E-state index contributed by atoms with van der Waals surface area (Å²) in [5.41, 5.74) is 7.47. The number of nitrogens with two attached hydrogens (primary N) is 1. The van der Waals surface area contributed by atoms with Gasteiger partial charge in [-0.25, -0.2) is 0 Å². The summed E-state index contributed by atoms with van der Waals surface area (Å²) in [5.74, 6) is 0.973. The van der Waals surface area contributed by atoms with Crippen molar-refractivity contribution in [3.8, 4) is 0 Å². The van der Waals surface area contributed by atoms with E-state index in [9.17, 15) is 0 Å². The molecule has 2 rings (SSSR count). The van der Waals surface area contributed by atoms with Gasteiger partial charge in [0.1, 0.15) is 10.7 Å². The van der Waals surface area contributed by atoms with Crippen LogP contribution in [0, 0.1) is 0 Å². The Balaban J connectivity index is 1.94. The van der Waals surface area contributed by atoms with Gasteiger partial charge in [-0.3, -0.25) is 0 Å². The molecular weight excluding hydrogens is 312 g/mol. The highest BCUT2D eigenvalue weighted by Gasteiger charge is 2.03. The van der Waals surface area contributed by atoms with Gasteiger partial charge in [-0.15, -0.1) is 0 Å². The Bertz CT molecular complexity index is 540. The molecule has 0 aliphatic carbocycles.